The van der Waals surface area contributed by atoms with Gasteiger partial charge in [0, 0.05) is 24.3 Å². The third-order valence-corrected chi connectivity index (χ3v) is 5.69. The van der Waals surface area contributed by atoms with Crippen LogP contribution in [0.1, 0.15) is 61.8 Å². The second-order valence-electron chi connectivity index (χ2n) is 8.03. The van der Waals surface area contributed by atoms with E-state index < -0.39 is 5.82 Å². The minimum absolute atomic E-state index is 0.164. The third kappa shape index (κ3) is 4.82. The van der Waals surface area contributed by atoms with E-state index >= 15 is 0 Å². The molecule has 0 unspecified atom stereocenters. The van der Waals surface area contributed by atoms with Gasteiger partial charge in [-0.3, -0.25) is 4.79 Å². The molecule has 4 N–H and O–H groups in total. The first-order valence-corrected chi connectivity index (χ1v) is 10.9. The molecule has 4 rings (SSSR count). The minimum atomic E-state index is -0.390. The second-order valence-corrected chi connectivity index (χ2v) is 8.03. The van der Waals surface area contributed by atoms with Crippen molar-refractivity contribution in [1.82, 2.24) is 19.7 Å². The zero-order chi connectivity index (χ0) is 21.8. The van der Waals surface area contributed by atoms with Crippen molar-refractivity contribution in [3.8, 4) is 0 Å². The molecule has 0 spiro atoms. The summed E-state index contributed by atoms with van der Waals surface area (Å²) in [6, 6.07) is 5.79. The standard InChI is InChI=1S/C22H28FN7O/c1-2-3-12-25-22-26-13-18-19(27-21(31)14-4-6-15(23)7-5-14)29-30(20(18)28-22)17-10-8-16(24)9-11-17/h4-7,13,16-17H,2-3,8-12,24H2,1H3,(H,25,26,28)(H,27,29,31)/t16-,17-. The van der Waals surface area contributed by atoms with Crippen LogP contribution in [0.15, 0.2) is 30.5 Å². The van der Waals surface area contributed by atoms with E-state index in [-0.39, 0.29) is 18.0 Å². The highest BCUT2D eigenvalue weighted by molar-refractivity contribution is 6.07. The topological polar surface area (TPSA) is 111 Å². The number of hydrogen-bond donors (Lipinski definition) is 3. The van der Waals surface area contributed by atoms with Crippen LogP contribution in [0.3, 0.4) is 0 Å². The summed E-state index contributed by atoms with van der Waals surface area (Å²) < 4.78 is 15.1. The Balaban J connectivity index is 1.65. The smallest absolute Gasteiger partial charge is 0.256 e. The van der Waals surface area contributed by atoms with Crippen LogP contribution in [0.25, 0.3) is 11.0 Å². The van der Waals surface area contributed by atoms with E-state index in [4.69, 9.17) is 15.8 Å². The van der Waals surface area contributed by atoms with Crippen molar-refractivity contribution in [1.29, 1.82) is 0 Å². The molecule has 0 atom stereocenters. The lowest BCUT2D eigenvalue weighted by Crippen LogP contribution is -2.28. The molecule has 1 aliphatic rings. The van der Waals surface area contributed by atoms with E-state index in [1.54, 1.807) is 6.20 Å². The first-order valence-electron chi connectivity index (χ1n) is 10.9. The van der Waals surface area contributed by atoms with Crippen LogP contribution in [0.5, 0.6) is 0 Å². The predicted octanol–water partition coefficient (Wildman–Crippen LogP) is 3.87. The largest absolute Gasteiger partial charge is 0.354 e. The summed E-state index contributed by atoms with van der Waals surface area (Å²) in [6.45, 7) is 2.92. The van der Waals surface area contributed by atoms with Gasteiger partial charge in [0.2, 0.25) is 5.95 Å². The van der Waals surface area contributed by atoms with E-state index in [1.165, 1.54) is 24.3 Å². The normalized spacial score (nSPS) is 18.8. The maximum atomic E-state index is 13.2. The van der Waals surface area contributed by atoms with Crippen LogP contribution in [0, 0.1) is 5.82 Å². The second kappa shape index (κ2) is 9.38. The van der Waals surface area contributed by atoms with Crippen LogP contribution in [0.2, 0.25) is 0 Å². The molecule has 1 aromatic carbocycles. The van der Waals surface area contributed by atoms with Gasteiger partial charge in [0.25, 0.3) is 5.91 Å². The van der Waals surface area contributed by atoms with Gasteiger partial charge < -0.3 is 16.4 Å². The maximum Gasteiger partial charge on any atom is 0.256 e. The summed E-state index contributed by atoms with van der Waals surface area (Å²) in [5.41, 5.74) is 7.11. The number of fused-ring (bicyclic) bond motifs is 1. The van der Waals surface area contributed by atoms with Gasteiger partial charge in [-0.2, -0.15) is 10.1 Å². The SMILES string of the molecule is CCCCNc1ncc2c(NC(=O)c3ccc(F)cc3)nn([C@H]3CC[C@H](N)CC3)c2n1. The number of hydrogen-bond acceptors (Lipinski definition) is 6. The van der Waals surface area contributed by atoms with Gasteiger partial charge in [-0.25, -0.2) is 14.1 Å². The Kier molecular flexibility index (Phi) is 6.41. The number of amides is 1. The number of benzene rings is 1. The van der Waals surface area contributed by atoms with E-state index in [0.29, 0.717) is 28.4 Å². The van der Waals surface area contributed by atoms with Crippen molar-refractivity contribution < 1.29 is 9.18 Å². The molecule has 1 amide bonds. The molecule has 2 aromatic heterocycles. The van der Waals surface area contributed by atoms with Gasteiger partial charge in [0.05, 0.1) is 11.4 Å². The van der Waals surface area contributed by atoms with Crippen molar-refractivity contribution in [3.05, 3.63) is 41.8 Å². The molecule has 2 heterocycles. The quantitative estimate of drug-likeness (QED) is 0.496. The van der Waals surface area contributed by atoms with Crippen molar-refractivity contribution in [2.75, 3.05) is 17.2 Å². The van der Waals surface area contributed by atoms with Gasteiger partial charge >= 0.3 is 0 Å². The first-order chi connectivity index (χ1) is 15.0. The number of carbonyl (C=O) groups excluding carboxylic acids is 1. The van der Waals surface area contributed by atoms with E-state index in [0.717, 1.165) is 45.1 Å². The van der Waals surface area contributed by atoms with Crippen LogP contribution >= 0.6 is 0 Å². The zero-order valence-electron chi connectivity index (χ0n) is 17.6. The Labute approximate surface area is 180 Å². The molecule has 3 aromatic rings. The molecule has 0 saturated heterocycles. The molecule has 0 radical (unpaired) electrons. The van der Waals surface area contributed by atoms with Gasteiger partial charge in [-0.1, -0.05) is 13.3 Å². The summed E-state index contributed by atoms with van der Waals surface area (Å²) in [6.07, 6.45) is 7.47. The highest BCUT2D eigenvalue weighted by atomic mass is 19.1. The zero-order valence-corrected chi connectivity index (χ0v) is 17.6. The third-order valence-electron chi connectivity index (χ3n) is 5.69. The molecule has 31 heavy (non-hydrogen) atoms. The molecule has 0 aliphatic heterocycles. The summed E-state index contributed by atoms with van der Waals surface area (Å²) in [5.74, 6) is 0.200. The Hall–Kier alpha value is -3.07. The Morgan fingerprint density at radius 2 is 1.97 bits per heavy atom. The van der Waals surface area contributed by atoms with Crippen molar-refractivity contribution in [3.63, 3.8) is 0 Å². The lowest BCUT2D eigenvalue weighted by atomic mass is 9.92. The van der Waals surface area contributed by atoms with Crippen molar-refractivity contribution in [2.24, 2.45) is 5.73 Å². The summed E-state index contributed by atoms with van der Waals surface area (Å²) in [7, 11) is 0. The first kappa shape index (κ1) is 21.2. The molecule has 8 nitrogen and oxygen atoms in total. The predicted molar refractivity (Wildman–Crippen MR) is 119 cm³/mol. The molecule has 164 valence electrons. The van der Waals surface area contributed by atoms with E-state index in [9.17, 15) is 9.18 Å². The fraction of sp³-hybridized carbons (Fsp3) is 0.455. The molecule has 0 bridgehead atoms. The number of nitrogens with zero attached hydrogens (tertiary/aromatic N) is 4. The minimum Gasteiger partial charge on any atom is -0.354 e. The summed E-state index contributed by atoms with van der Waals surface area (Å²) in [5, 5.41) is 11.5. The van der Waals surface area contributed by atoms with Crippen LogP contribution < -0.4 is 16.4 Å². The fourth-order valence-corrected chi connectivity index (χ4v) is 3.86. The van der Waals surface area contributed by atoms with Crippen molar-refractivity contribution >= 4 is 28.7 Å². The number of nitrogens with two attached hydrogens (primary N) is 1. The highest BCUT2D eigenvalue weighted by Gasteiger charge is 2.25. The van der Waals surface area contributed by atoms with Gasteiger partial charge in [0.1, 0.15) is 5.82 Å². The lowest BCUT2D eigenvalue weighted by molar-refractivity contribution is 0.102. The lowest BCUT2D eigenvalue weighted by Gasteiger charge is -2.26. The summed E-state index contributed by atoms with van der Waals surface area (Å²) >= 11 is 0. The molecule has 1 fully saturated rings. The number of halogens is 1. The van der Waals surface area contributed by atoms with E-state index in [2.05, 4.69) is 22.5 Å². The van der Waals surface area contributed by atoms with Crippen LogP contribution in [0.4, 0.5) is 16.2 Å². The Morgan fingerprint density at radius 3 is 2.68 bits per heavy atom. The van der Waals surface area contributed by atoms with Crippen LogP contribution in [-0.2, 0) is 0 Å². The average Bonchev–Trinajstić information content (AvgIpc) is 3.12. The monoisotopic (exact) mass is 425 g/mol. The molecular formula is C22H28FN7O. The maximum absolute atomic E-state index is 13.2. The average molecular weight is 426 g/mol. The van der Waals surface area contributed by atoms with Gasteiger partial charge in [0.15, 0.2) is 11.5 Å². The number of rotatable bonds is 7. The number of nitrogens with one attached hydrogen (secondary N) is 2. The van der Waals surface area contributed by atoms with Gasteiger partial charge in [-0.05, 0) is 56.4 Å². The highest BCUT2D eigenvalue weighted by Crippen LogP contribution is 2.32. The Bertz CT molecular complexity index is 1040. The fourth-order valence-electron chi connectivity index (χ4n) is 3.86. The molecule has 9 heteroatoms. The summed E-state index contributed by atoms with van der Waals surface area (Å²) in [4.78, 5) is 21.8. The molecule has 1 aliphatic carbocycles. The number of unbranched alkanes of at least 4 members (excludes halogenated alkanes) is 1. The number of anilines is 2. The van der Waals surface area contributed by atoms with Crippen LogP contribution in [-0.4, -0.2) is 38.2 Å². The van der Waals surface area contributed by atoms with Crippen molar-refractivity contribution in [2.45, 2.75) is 57.5 Å². The Morgan fingerprint density at radius 1 is 1.23 bits per heavy atom. The molecule has 1 saturated carbocycles. The van der Waals surface area contributed by atoms with E-state index in [1.807, 2.05) is 4.68 Å². The van der Waals surface area contributed by atoms with Gasteiger partial charge in [-0.15, -0.1) is 0 Å². The number of aromatic nitrogens is 4. The number of carbonyl (C=O) groups is 1. The molecular weight excluding hydrogens is 397 g/mol.